The predicted molar refractivity (Wildman–Crippen MR) is 81.0 cm³/mol. The lowest BCUT2D eigenvalue weighted by molar-refractivity contribution is -0.120. The SMILES string of the molecule is Cc1ccc(C(O)CNC(=O)CNCC2CCCO2)cc1. The maximum Gasteiger partial charge on any atom is 0.234 e. The minimum atomic E-state index is -0.673. The Kier molecular flexibility index (Phi) is 6.17. The molecule has 0 aliphatic carbocycles. The van der Waals surface area contributed by atoms with Gasteiger partial charge in [0.05, 0.1) is 18.8 Å². The highest BCUT2D eigenvalue weighted by Gasteiger charge is 2.15. The van der Waals surface area contributed by atoms with Gasteiger partial charge in [0.15, 0.2) is 0 Å². The molecule has 0 radical (unpaired) electrons. The van der Waals surface area contributed by atoms with Crippen molar-refractivity contribution in [1.82, 2.24) is 10.6 Å². The molecule has 1 aliphatic heterocycles. The number of benzene rings is 1. The zero-order valence-electron chi connectivity index (χ0n) is 12.5. The van der Waals surface area contributed by atoms with Gasteiger partial charge in [-0.1, -0.05) is 29.8 Å². The van der Waals surface area contributed by atoms with Gasteiger partial charge in [-0.25, -0.2) is 0 Å². The number of rotatable bonds is 7. The number of carbonyl (C=O) groups excluding carboxylic acids is 1. The molecule has 0 spiro atoms. The van der Waals surface area contributed by atoms with Crippen molar-refractivity contribution in [3.8, 4) is 0 Å². The standard InChI is InChI=1S/C16H24N2O3/c1-12-4-6-13(7-5-12)15(19)10-18-16(20)11-17-9-14-3-2-8-21-14/h4-7,14-15,17,19H,2-3,8-11H2,1H3,(H,18,20). The van der Waals surface area contributed by atoms with E-state index in [0.717, 1.165) is 30.6 Å². The van der Waals surface area contributed by atoms with Gasteiger partial charge in [0.2, 0.25) is 5.91 Å². The molecular formula is C16H24N2O3. The van der Waals surface area contributed by atoms with Crippen molar-refractivity contribution in [3.05, 3.63) is 35.4 Å². The molecule has 1 fully saturated rings. The van der Waals surface area contributed by atoms with Crippen molar-refractivity contribution in [1.29, 1.82) is 0 Å². The third kappa shape index (κ3) is 5.46. The van der Waals surface area contributed by atoms with E-state index in [0.29, 0.717) is 6.54 Å². The van der Waals surface area contributed by atoms with Gasteiger partial charge in [-0.3, -0.25) is 4.79 Å². The molecule has 0 aromatic heterocycles. The lowest BCUT2D eigenvalue weighted by Crippen LogP contribution is -2.38. The summed E-state index contributed by atoms with van der Waals surface area (Å²) in [5.41, 5.74) is 1.96. The van der Waals surface area contributed by atoms with Crippen molar-refractivity contribution in [2.75, 3.05) is 26.2 Å². The van der Waals surface area contributed by atoms with E-state index in [4.69, 9.17) is 4.74 Å². The van der Waals surface area contributed by atoms with Crippen molar-refractivity contribution >= 4 is 5.91 Å². The monoisotopic (exact) mass is 292 g/mol. The topological polar surface area (TPSA) is 70.6 Å². The smallest absolute Gasteiger partial charge is 0.234 e. The number of carbonyl (C=O) groups is 1. The van der Waals surface area contributed by atoms with Crippen LogP contribution >= 0.6 is 0 Å². The molecular weight excluding hydrogens is 268 g/mol. The van der Waals surface area contributed by atoms with Crippen molar-refractivity contribution in [2.24, 2.45) is 0 Å². The molecule has 1 aromatic rings. The Morgan fingerprint density at radius 2 is 2.19 bits per heavy atom. The lowest BCUT2D eigenvalue weighted by atomic mass is 10.1. The summed E-state index contributed by atoms with van der Waals surface area (Å²) in [6, 6.07) is 7.65. The summed E-state index contributed by atoms with van der Waals surface area (Å²) in [6.07, 6.45) is 1.71. The second-order valence-electron chi connectivity index (χ2n) is 5.50. The van der Waals surface area contributed by atoms with Crippen LogP contribution in [0.4, 0.5) is 0 Å². The fourth-order valence-electron chi connectivity index (χ4n) is 2.33. The van der Waals surface area contributed by atoms with Gasteiger partial charge < -0.3 is 20.5 Å². The Hall–Kier alpha value is -1.43. The molecule has 1 aromatic carbocycles. The maximum atomic E-state index is 11.7. The maximum absolute atomic E-state index is 11.7. The van der Waals surface area contributed by atoms with E-state index in [2.05, 4.69) is 10.6 Å². The van der Waals surface area contributed by atoms with Crippen molar-refractivity contribution in [3.63, 3.8) is 0 Å². The molecule has 116 valence electrons. The molecule has 2 atom stereocenters. The zero-order valence-corrected chi connectivity index (χ0v) is 12.5. The van der Waals surface area contributed by atoms with Gasteiger partial charge in [-0.05, 0) is 25.3 Å². The Bertz CT molecular complexity index is 441. The van der Waals surface area contributed by atoms with E-state index in [1.807, 2.05) is 31.2 Å². The summed E-state index contributed by atoms with van der Waals surface area (Å²) < 4.78 is 5.47. The van der Waals surface area contributed by atoms with Crippen LogP contribution in [-0.4, -0.2) is 43.4 Å². The van der Waals surface area contributed by atoms with Crippen LogP contribution in [-0.2, 0) is 9.53 Å². The molecule has 0 bridgehead atoms. The van der Waals surface area contributed by atoms with E-state index in [-0.39, 0.29) is 25.1 Å². The van der Waals surface area contributed by atoms with Crippen LogP contribution in [0.2, 0.25) is 0 Å². The summed E-state index contributed by atoms with van der Waals surface area (Å²) in [6.45, 7) is 4.00. The number of amides is 1. The molecule has 21 heavy (non-hydrogen) atoms. The third-order valence-corrected chi connectivity index (χ3v) is 3.64. The van der Waals surface area contributed by atoms with E-state index in [1.54, 1.807) is 0 Å². The van der Waals surface area contributed by atoms with Gasteiger partial charge in [0.25, 0.3) is 0 Å². The van der Waals surface area contributed by atoms with E-state index in [1.165, 1.54) is 0 Å². The largest absolute Gasteiger partial charge is 0.387 e. The molecule has 1 heterocycles. The Labute approximate surface area is 125 Å². The number of aliphatic hydroxyl groups is 1. The molecule has 3 N–H and O–H groups in total. The summed E-state index contributed by atoms with van der Waals surface area (Å²) in [7, 11) is 0. The van der Waals surface area contributed by atoms with Crippen LogP contribution in [0.5, 0.6) is 0 Å². The van der Waals surface area contributed by atoms with Gasteiger partial charge in [-0.15, -0.1) is 0 Å². The molecule has 5 heteroatoms. The summed E-state index contributed by atoms with van der Waals surface area (Å²) in [5, 5.41) is 15.8. The van der Waals surface area contributed by atoms with E-state index < -0.39 is 6.10 Å². The van der Waals surface area contributed by atoms with Crippen LogP contribution in [0.3, 0.4) is 0 Å². The van der Waals surface area contributed by atoms with Crippen LogP contribution in [0, 0.1) is 6.92 Å². The Morgan fingerprint density at radius 3 is 2.86 bits per heavy atom. The first-order chi connectivity index (χ1) is 10.1. The number of hydrogen-bond acceptors (Lipinski definition) is 4. The average molecular weight is 292 g/mol. The number of ether oxygens (including phenoxy) is 1. The third-order valence-electron chi connectivity index (χ3n) is 3.64. The molecule has 5 nitrogen and oxygen atoms in total. The van der Waals surface area contributed by atoms with E-state index >= 15 is 0 Å². The van der Waals surface area contributed by atoms with Crippen LogP contribution < -0.4 is 10.6 Å². The minimum Gasteiger partial charge on any atom is -0.387 e. The van der Waals surface area contributed by atoms with Crippen LogP contribution in [0.1, 0.15) is 30.1 Å². The average Bonchev–Trinajstić information content (AvgIpc) is 2.99. The lowest BCUT2D eigenvalue weighted by Gasteiger charge is -2.14. The molecule has 1 aliphatic rings. The Morgan fingerprint density at radius 1 is 1.43 bits per heavy atom. The first-order valence-electron chi connectivity index (χ1n) is 7.49. The second-order valence-corrected chi connectivity index (χ2v) is 5.50. The summed E-state index contributed by atoms with van der Waals surface area (Å²) in [5.74, 6) is -0.112. The zero-order chi connectivity index (χ0) is 15.1. The van der Waals surface area contributed by atoms with Gasteiger partial charge in [0, 0.05) is 19.7 Å². The molecule has 2 unspecified atom stereocenters. The van der Waals surface area contributed by atoms with Gasteiger partial charge in [-0.2, -0.15) is 0 Å². The Balaban J connectivity index is 1.62. The van der Waals surface area contributed by atoms with Crippen molar-refractivity contribution < 1.29 is 14.6 Å². The highest BCUT2D eigenvalue weighted by Crippen LogP contribution is 2.12. The number of aliphatic hydroxyl groups excluding tert-OH is 1. The van der Waals surface area contributed by atoms with Gasteiger partial charge >= 0.3 is 0 Å². The number of nitrogens with one attached hydrogen (secondary N) is 2. The normalized spacial score (nSPS) is 19.4. The fraction of sp³-hybridized carbons (Fsp3) is 0.562. The highest BCUT2D eigenvalue weighted by molar-refractivity contribution is 5.78. The highest BCUT2D eigenvalue weighted by atomic mass is 16.5. The quantitative estimate of drug-likeness (QED) is 0.699. The van der Waals surface area contributed by atoms with Gasteiger partial charge in [0.1, 0.15) is 0 Å². The number of hydrogen-bond donors (Lipinski definition) is 3. The molecule has 1 saturated heterocycles. The minimum absolute atomic E-state index is 0.112. The summed E-state index contributed by atoms with van der Waals surface area (Å²) >= 11 is 0. The predicted octanol–water partition coefficient (Wildman–Crippen LogP) is 0.913. The summed E-state index contributed by atoms with van der Waals surface area (Å²) in [4.78, 5) is 11.7. The fourth-order valence-corrected chi connectivity index (χ4v) is 2.33. The van der Waals surface area contributed by atoms with E-state index in [9.17, 15) is 9.90 Å². The molecule has 1 amide bonds. The first-order valence-corrected chi connectivity index (χ1v) is 7.49. The number of aryl methyl sites for hydroxylation is 1. The van der Waals surface area contributed by atoms with Crippen LogP contribution in [0.15, 0.2) is 24.3 Å². The second kappa shape index (κ2) is 8.12. The first kappa shape index (κ1) is 15.9. The molecule has 2 rings (SSSR count). The van der Waals surface area contributed by atoms with Crippen LogP contribution in [0.25, 0.3) is 0 Å². The van der Waals surface area contributed by atoms with Crippen molar-refractivity contribution in [2.45, 2.75) is 32.0 Å². The molecule has 0 saturated carbocycles.